The fourth-order valence-electron chi connectivity index (χ4n) is 10.2. The Kier molecular flexibility index (Phi) is 7.31. The standard InChI is InChI=1S/C57H39NO/c1-57(2)48-26-10-7-22-46(48)54-44(24-13-27-49(54)57)41-20-8-11-28-50(41)58(52-30-14-23-40-38-18-5-3-16-36(38)32-34-43(40)52)51-29-12-9-21-42(51)45-25-15-31-53-55(45)47-35-33-37-17-4-6-19-39(37)56(47)59-53/h3-35H,1-2H3. The van der Waals surface area contributed by atoms with Crippen LogP contribution in [0.2, 0.25) is 0 Å². The molecule has 0 aliphatic heterocycles. The summed E-state index contributed by atoms with van der Waals surface area (Å²) in [7, 11) is 0. The van der Waals surface area contributed by atoms with Gasteiger partial charge in [0.25, 0.3) is 0 Å². The summed E-state index contributed by atoms with van der Waals surface area (Å²) in [5, 5.41) is 9.44. The highest BCUT2D eigenvalue weighted by Crippen LogP contribution is 2.55. The highest BCUT2D eigenvalue weighted by Gasteiger charge is 2.37. The van der Waals surface area contributed by atoms with Crippen molar-refractivity contribution in [2.45, 2.75) is 19.3 Å². The molecule has 1 heterocycles. The first kappa shape index (κ1) is 33.7. The molecule has 0 radical (unpaired) electrons. The average molecular weight is 754 g/mol. The van der Waals surface area contributed by atoms with Crippen LogP contribution < -0.4 is 4.90 Å². The minimum Gasteiger partial charge on any atom is -0.455 e. The Morgan fingerprint density at radius 2 is 0.881 bits per heavy atom. The molecule has 59 heavy (non-hydrogen) atoms. The van der Waals surface area contributed by atoms with Gasteiger partial charge >= 0.3 is 0 Å². The molecule has 1 aliphatic carbocycles. The Bertz CT molecular complexity index is 3500. The van der Waals surface area contributed by atoms with Gasteiger partial charge in [-0.15, -0.1) is 0 Å². The molecule has 0 saturated carbocycles. The predicted molar refractivity (Wildman–Crippen MR) is 249 cm³/mol. The summed E-state index contributed by atoms with van der Waals surface area (Å²) in [5.74, 6) is 0. The van der Waals surface area contributed by atoms with Crippen LogP contribution in [-0.2, 0) is 5.41 Å². The van der Waals surface area contributed by atoms with Crippen molar-refractivity contribution < 1.29 is 4.42 Å². The lowest BCUT2D eigenvalue weighted by molar-refractivity contribution is 0.660. The summed E-state index contributed by atoms with van der Waals surface area (Å²) < 4.78 is 6.75. The van der Waals surface area contributed by atoms with E-state index in [2.05, 4.69) is 219 Å². The Labute approximate surface area is 343 Å². The fraction of sp³-hybridized carbons (Fsp3) is 0.0526. The number of rotatable bonds is 5. The SMILES string of the molecule is CC1(C)c2ccccc2-c2c(-c3ccccc3N(c3ccccc3-c3cccc4oc5c6ccccc6ccc5c34)c3cccc4c3ccc3ccccc34)cccc21. The summed E-state index contributed by atoms with van der Waals surface area (Å²) >= 11 is 0. The molecule has 0 N–H and O–H groups in total. The Hall–Kier alpha value is -7.42. The van der Waals surface area contributed by atoms with E-state index in [9.17, 15) is 0 Å². The van der Waals surface area contributed by atoms with Gasteiger partial charge in [0.15, 0.2) is 0 Å². The lowest BCUT2D eigenvalue weighted by Crippen LogP contribution is -2.15. The number of hydrogen-bond donors (Lipinski definition) is 0. The van der Waals surface area contributed by atoms with Crippen LogP contribution in [0.4, 0.5) is 17.1 Å². The van der Waals surface area contributed by atoms with E-state index in [1.807, 2.05) is 0 Å². The lowest BCUT2D eigenvalue weighted by atomic mass is 9.82. The van der Waals surface area contributed by atoms with Crippen molar-refractivity contribution in [3.63, 3.8) is 0 Å². The summed E-state index contributed by atoms with van der Waals surface area (Å²) in [4.78, 5) is 2.52. The molecule has 1 aromatic heterocycles. The van der Waals surface area contributed by atoms with Crippen LogP contribution in [0.25, 0.3) is 87.6 Å². The second-order valence-corrected chi connectivity index (χ2v) is 16.4. The highest BCUT2D eigenvalue weighted by molar-refractivity contribution is 6.20. The predicted octanol–water partition coefficient (Wildman–Crippen LogP) is 16.2. The second-order valence-electron chi connectivity index (χ2n) is 16.4. The van der Waals surface area contributed by atoms with Gasteiger partial charge < -0.3 is 9.32 Å². The van der Waals surface area contributed by atoms with E-state index >= 15 is 0 Å². The van der Waals surface area contributed by atoms with Gasteiger partial charge in [-0.1, -0.05) is 184 Å². The molecular formula is C57H39NO. The molecule has 1 aliphatic rings. The molecule has 0 amide bonds. The molecule has 0 fully saturated rings. The zero-order chi connectivity index (χ0) is 39.2. The molecule has 278 valence electrons. The van der Waals surface area contributed by atoms with Crippen LogP contribution in [-0.4, -0.2) is 0 Å². The smallest absolute Gasteiger partial charge is 0.143 e. The minimum absolute atomic E-state index is 0.114. The van der Waals surface area contributed by atoms with E-state index < -0.39 is 0 Å². The summed E-state index contributed by atoms with van der Waals surface area (Å²) in [5.41, 5.74) is 15.1. The van der Waals surface area contributed by atoms with E-state index in [-0.39, 0.29) is 5.41 Å². The van der Waals surface area contributed by atoms with Gasteiger partial charge in [-0.3, -0.25) is 0 Å². The normalized spacial score (nSPS) is 13.1. The van der Waals surface area contributed by atoms with Crippen LogP contribution in [0.1, 0.15) is 25.0 Å². The maximum absolute atomic E-state index is 6.75. The maximum atomic E-state index is 6.75. The van der Waals surface area contributed by atoms with Crippen molar-refractivity contribution in [1.29, 1.82) is 0 Å². The second kappa shape index (κ2) is 12.8. The third-order valence-corrected chi connectivity index (χ3v) is 12.9. The van der Waals surface area contributed by atoms with Crippen molar-refractivity contribution in [2.24, 2.45) is 0 Å². The van der Waals surface area contributed by atoms with Crippen molar-refractivity contribution >= 4 is 71.3 Å². The van der Waals surface area contributed by atoms with Crippen LogP contribution in [0.5, 0.6) is 0 Å². The molecule has 0 atom stereocenters. The van der Waals surface area contributed by atoms with Gasteiger partial charge in [0.2, 0.25) is 0 Å². The third-order valence-electron chi connectivity index (χ3n) is 12.9. The molecular weight excluding hydrogens is 715 g/mol. The van der Waals surface area contributed by atoms with Gasteiger partial charge in [0.1, 0.15) is 11.2 Å². The third kappa shape index (κ3) is 4.93. The summed E-state index contributed by atoms with van der Waals surface area (Å²) in [6.45, 7) is 4.72. The van der Waals surface area contributed by atoms with Crippen molar-refractivity contribution in [2.75, 3.05) is 4.90 Å². The number of hydrogen-bond acceptors (Lipinski definition) is 2. The first-order valence-corrected chi connectivity index (χ1v) is 20.5. The molecule has 11 aromatic rings. The number of benzene rings is 10. The van der Waals surface area contributed by atoms with Crippen LogP contribution in [0, 0.1) is 0 Å². The van der Waals surface area contributed by atoms with Gasteiger partial charge in [-0.25, -0.2) is 0 Å². The minimum atomic E-state index is -0.114. The highest BCUT2D eigenvalue weighted by atomic mass is 16.3. The van der Waals surface area contributed by atoms with E-state index in [0.717, 1.165) is 55.5 Å². The van der Waals surface area contributed by atoms with Gasteiger partial charge in [0.05, 0.1) is 17.1 Å². The number of nitrogens with zero attached hydrogens (tertiary/aromatic N) is 1. The fourth-order valence-corrected chi connectivity index (χ4v) is 10.2. The van der Waals surface area contributed by atoms with Crippen LogP contribution >= 0.6 is 0 Å². The van der Waals surface area contributed by atoms with Crippen molar-refractivity contribution in [1.82, 2.24) is 0 Å². The van der Waals surface area contributed by atoms with Crippen molar-refractivity contribution in [3.8, 4) is 33.4 Å². The monoisotopic (exact) mass is 753 g/mol. The van der Waals surface area contributed by atoms with Crippen LogP contribution in [0.15, 0.2) is 205 Å². The largest absolute Gasteiger partial charge is 0.455 e. The zero-order valence-corrected chi connectivity index (χ0v) is 32.9. The number of anilines is 3. The molecule has 12 rings (SSSR count). The summed E-state index contributed by atoms with van der Waals surface area (Å²) in [6.07, 6.45) is 0. The van der Waals surface area contributed by atoms with E-state index in [1.54, 1.807) is 0 Å². The van der Waals surface area contributed by atoms with Gasteiger partial charge in [0, 0.05) is 38.1 Å². The van der Waals surface area contributed by atoms with E-state index in [0.29, 0.717) is 0 Å². The molecule has 0 unspecified atom stereocenters. The number of para-hydroxylation sites is 2. The Morgan fingerprint density at radius 1 is 0.356 bits per heavy atom. The Balaban J connectivity index is 1.17. The van der Waals surface area contributed by atoms with Gasteiger partial charge in [-0.05, 0) is 85.3 Å². The quantitative estimate of drug-likeness (QED) is 0.163. The lowest BCUT2D eigenvalue weighted by Gasteiger charge is -2.31. The molecule has 2 heteroatoms. The van der Waals surface area contributed by atoms with Gasteiger partial charge in [-0.2, -0.15) is 0 Å². The molecule has 0 saturated heterocycles. The number of fused-ring (bicyclic) bond motifs is 11. The molecule has 10 aromatic carbocycles. The Morgan fingerprint density at radius 3 is 1.68 bits per heavy atom. The van der Waals surface area contributed by atoms with Crippen LogP contribution in [0.3, 0.4) is 0 Å². The first-order valence-electron chi connectivity index (χ1n) is 20.5. The zero-order valence-electron chi connectivity index (χ0n) is 32.9. The van der Waals surface area contributed by atoms with E-state index in [1.165, 1.54) is 60.3 Å². The summed E-state index contributed by atoms with van der Waals surface area (Å²) in [6, 6.07) is 73.3. The van der Waals surface area contributed by atoms with Crippen molar-refractivity contribution in [3.05, 3.63) is 211 Å². The maximum Gasteiger partial charge on any atom is 0.143 e. The topological polar surface area (TPSA) is 16.4 Å². The molecule has 0 bridgehead atoms. The number of furan rings is 1. The average Bonchev–Trinajstić information content (AvgIpc) is 3.79. The molecule has 2 nitrogen and oxygen atoms in total. The molecule has 0 spiro atoms. The first-order chi connectivity index (χ1) is 29.1. The van der Waals surface area contributed by atoms with E-state index in [4.69, 9.17) is 4.42 Å².